The number of fused-ring (bicyclic) bond motifs is 1. The Labute approximate surface area is 183 Å². The van der Waals surface area contributed by atoms with Crippen LogP contribution in [-0.4, -0.2) is 35.7 Å². The summed E-state index contributed by atoms with van der Waals surface area (Å²) in [6.45, 7) is 8.39. The van der Waals surface area contributed by atoms with Crippen molar-refractivity contribution >= 4 is 29.4 Å². The van der Waals surface area contributed by atoms with Gasteiger partial charge in [0, 0.05) is 18.2 Å². The highest BCUT2D eigenvalue weighted by atomic mass is 19.1. The fourth-order valence-corrected chi connectivity index (χ4v) is 3.35. The third-order valence-corrected chi connectivity index (χ3v) is 4.78. The standard InChI is InChI=1S/C23H20FN3O5/c1-12(23(31)32-4)25-21(29)13(2)27-11-20-18(6-5-7-19(20)22(27)30)15-8-16(24)10-17(9-15)26-14(3)28/h5-10H,1-2,11H2,3-4H3,(H,25,29)(H,26,28). The number of hydrogen-bond acceptors (Lipinski definition) is 5. The van der Waals surface area contributed by atoms with Gasteiger partial charge in [-0.05, 0) is 41.0 Å². The van der Waals surface area contributed by atoms with Crippen LogP contribution in [0.3, 0.4) is 0 Å². The summed E-state index contributed by atoms with van der Waals surface area (Å²) in [5, 5.41) is 4.78. The van der Waals surface area contributed by atoms with E-state index in [1.54, 1.807) is 24.3 Å². The van der Waals surface area contributed by atoms with Crippen molar-refractivity contribution in [3.05, 3.63) is 77.9 Å². The van der Waals surface area contributed by atoms with Crippen LogP contribution in [-0.2, 0) is 25.7 Å². The molecule has 8 nitrogen and oxygen atoms in total. The van der Waals surface area contributed by atoms with Crippen LogP contribution in [0.5, 0.6) is 0 Å². The van der Waals surface area contributed by atoms with Gasteiger partial charge in [-0.2, -0.15) is 0 Å². The number of rotatable bonds is 6. The zero-order chi connectivity index (χ0) is 23.6. The average Bonchev–Trinajstić information content (AvgIpc) is 3.08. The van der Waals surface area contributed by atoms with Gasteiger partial charge < -0.3 is 15.4 Å². The highest BCUT2D eigenvalue weighted by molar-refractivity contribution is 6.08. The van der Waals surface area contributed by atoms with E-state index in [1.807, 2.05) is 0 Å². The zero-order valence-corrected chi connectivity index (χ0v) is 17.5. The Hall–Kier alpha value is -4.27. The normalized spacial score (nSPS) is 12.1. The summed E-state index contributed by atoms with van der Waals surface area (Å²) in [6.07, 6.45) is 0. The smallest absolute Gasteiger partial charge is 0.353 e. The Morgan fingerprint density at radius 1 is 1.12 bits per heavy atom. The van der Waals surface area contributed by atoms with Gasteiger partial charge in [0.1, 0.15) is 17.2 Å². The van der Waals surface area contributed by atoms with Gasteiger partial charge in [0.05, 0.1) is 13.7 Å². The van der Waals surface area contributed by atoms with Crippen molar-refractivity contribution in [2.75, 3.05) is 12.4 Å². The molecule has 9 heteroatoms. The van der Waals surface area contributed by atoms with E-state index in [9.17, 15) is 23.6 Å². The minimum Gasteiger partial charge on any atom is -0.464 e. The Kier molecular flexibility index (Phi) is 6.20. The molecule has 1 aliphatic heterocycles. The fraction of sp³-hybridized carbons (Fsp3) is 0.130. The molecular weight excluding hydrogens is 417 g/mol. The number of ether oxygens (including phenoxy) is 1. The maximum absolute atomic E-state index is 14.2. The maximum atomic E-state index is 14.2. The molecule has 3 rings (SSSR count). The molecule has 0 spiro atoms. The summed E-state index contributed by atoms with van der Waals surface area (Å²) in [6, 6.07) is 9.01. The first-order valence-corrected chi connectivity index (χ1v) is 9.42. The van der Waals surface area contributed by atoms with Gasteiger partial charge in [0.2, 0.25) is 5.91 Å². The van der Waals surface area contributed by atoms with E-state index in [0.717, 1.165) is 12.0 Å². The van der Waals surface area contributed by atoms with Crippen LogP contribution in [0.2, 0.25) is 0 Å². The van der Waals surface area contributed by atoms with E-state index in [2.05, 4.69) is 28.5 Å². The molecular formula is C23H20FN3O5. The predicted molar refractivity (Wildman–Crippen MR) is 114 cm³/mol. The van der Waals surface area contributed by atoms with Crippen molar-refractivity contribution < 1.29 is 28.3 Å². The number of anilines is 1. The number of nitrogens with zero attached hydrogens (tertiary/aromatic N) is 1. The van der Waals surface area contributed by atoms with Gasteiger partial charge in [-0.3, -0.25) is 19.3 Å². The monoisotopic (exact) mass is 437 g/mol. The fourth-order valence-electron chi connectivity index (χ4n) is 3.35. The number of carbonyl (C=O) groups excluding carboxylic acids is 4. The number of carbonyl (C=O) groups is 4. The number of methoxy groups -OCH3 is 1. The molecule has 2 N–H and O–H groups in total. The lowest BCUT2D eigenvalue weighted by atomic mass is 9.96. The molecule has 0 bridgehead atoms. The van der Waals surface area contributed by atoms with Gasteiger partial charge in [-0.1, -0.05) is 25.3 Å². The van der Waals surface area contributed by atoms with E-state index in [0.29, 0.717) is 22.3 Å². The number of esters is 1. The van der Waals surface area contributed by atoms with Gasteiger partial charge in [-0.15, -0.1) is 0 Å². The highest BCUT2D eigenvalue weighted by Crippen LogP contribution is 2.35. The van der Waals surface area contributed by atoms with E-state index in [-0.39, 0.29) is 29.5 Å². The molecule has 0 saturated heterocycles. The van der Waals surface area contributed by atoms with E-state index < -0.39 is 23.6 Å². The van der Waals surface area contributed by atoms with Crippen LogP contribution >= 0.6 is 0 Å². The second kappa shape index (κ2) is 8.84. The zero-order valence-electron chi connectivity index (χ0n) is 17.5. The molecule has 0 radical (unpaired) electrons. The van der Waals surface area contributed by atoms with Crippen LogP contribution in [0, 0.1) is 5.82 Å². The molecule has 3 amide bonds. The Balaban J connectivity index is 1.91. The molecule has 0 saturated carbocycles. The highest BCUT2D eigenvalue weighted by Gasteiger charge is 2.33. The summed E-state index contributed by atoms with van der Waals surface area (Å²) in [5.74, 6) is -3.00. The van der Waals surface area contributed by atoms with Gasteiger partial charge >= 0.3 is 5.97 Å². The first kappa shape index (κ1) is 22.4. The first-order chi connectivity index (χ1) is 15.1. The minimum absolute atomic E-state index is 0.00722. The second-order valence-electron chi connectivity index (χ2n) is 7.00. The summed E-state index contributed by atoms with van der Waals surface area (Å²) in [7, 11) is 1.14. The summed E-state index contributed by atoms with van der Waals surface area (Å²) >= 11 is 0. The van der Waals surface area contributed by atoms with E-state index in [1.165, 1.54) is 19.1 Å². The van der Waals surface area contributed by atoms with Crippen molar-refractivity contribution in [2.45, 2.75) is 13.5 Å². The molecule has 1 heterocycles. The van der Waals surface area contributed by atoms with E-state index >= 15 is 0 Å². The van der Waals surface area contributed by atoms with Crippen molar-refractivity contribution in [1.29, 1.82) is 0 Å². The Morgan fingerprint density at radius 3 is 2.47 bits per heavy atom. The van der Waals surface area contributed by atoms with Gasteiger partial charge in [-0.25, -0.2) is 9.18 Å². The lowest BCUT2D eigenvalue weighted by Gasteiger charge is -2.18. The number of halogens is 1. The van der Waals surface area contributed by atoms with Gasteiger partial charge in [0.25, 0.3) is 11.8 Å². The SMILES string of the molecule is C=C(NC(=O)C(=C)N1Cc2c(cccc2-c2cc(F)cc(NC(C)=O)c2)C1=O)C(=O)OC. The summed E-state index contributed by atoms with van der Waals surface area (Å²) < 4.78 is 18.7. The topological polar surface area (TPSA) is 105 Å². The number of amides is 3. The molecule has 1 aliphatic rings. The molecule has 0 unspecified atom stereocenters. The van der Waals surface area contributed by atoms with E-state index in [4.69, 9.17) is 0 Å². The largest absolute Gasteiger partial charge is 0.464 e. The maximum Gasteiger partial charge on any atom is 0.353 e. The molecule has 0 aliphatic carbocycles. The van der Waals surface area contributed by atoms with Crippen LogP contribution in [0.15, 0.2) is 61.0 Å². The quantitative estimate of drug-likeness (QED) is 0.534. The van der Waals surface area contributed by atoms with Crippen molar-refractivity contribution in [1.82, 2.24) is 10.2 Å². The molecule has 0 atom stereocenters. The lowest BCUT2D eigenvalue weighted by molar-refractivity contribution is -0.137. The van der Waals surface area contributed by atoms with Crippen LogP contribution in [0.1, 0.15) is 22.8 Å². The van der Waals surface area contributed by atoms with Crippen molar-refractivity contribution in [2.24, 2.45) is 0 Å². The predicted octanol–water partition coefficient (Wildman–Crippen LogP) is 2.72. The number of nitrogens with one attached hydrogen (secondary N) is 2. The summed E-state index contributed by atoms with van der Waals surface area (Å²) in [5.41, 5.74) is 1.70. The van der Waals surface area contributed by atoms with Crippen LogP contribution < -0.4 is 10.6 Å². The third kappa shape index (κ3) is 4.41. The molecule has 0 fully saturated rings. The molecule has 2 aromatic carbocycles. The second-order valence-corrected chi connectivity index (χ2v) is 7.00. The number of benzene rings is 2. The number of hydrogen-bond donors (Lipinski definition) is 2. The van der Waals surface area contributed by atoms with Crippen molar-refractivity contribution in [3.8, 4) is 11.1 Å². The lowest BCUT2D eigenvalue weighted by Crippen LogP contribution is -2.36. The average molecular weight is 437 g/mol. The molecule has 164 valence electrons. The van der Waals surface area contributed by atoms with Crippen LogP contribution in [0.25, 0.3) is 11.1 Å². The van der Waals surface area contributed by atoms with Gasteiger partial charge in [0.15, 0.2) is 0 Å². The first-order valence-electron chi connectivity index (χ1n) is 9.42. The third-order valence-electron chi connectivity index (χ3n) is 4.78. The molecule has 0 aromatic heterocycles. The molecule has 2 aromatic rings. The van der Waals surface area contributed by atoms with Crippen molar-refractivity contribution in [3.63, 3.8) is 0 Å². The Morgan fingerprint density at radius 2 is 1.81 bits per heavy atom. The molecule has 32 heavy (non-hydrogen) atoms. The minimum atomic E-state index is -0.828. The Bertz CT molecular complexity index is 1190. The van der Waals surface area contributed by atoms with Crippen LogP contribution in [0.4, 0.5) is 10.1 Å². The summed E-state index contributed by atoms with van der Waals surface area (Å²) in [4.78, 5) is 49.3.